The number of thioether (sulfide) groups is 1. The number of likely N-dealkylation sites (tertiary alicyclic amines) is 1. The number of carbonyl (C=O) groups excluding carboxylic acids is 3. The van der Waals surface area contributed by atoms with Crippen molar-refractivity contribution in [2.75, 3.05) is 18.1 Å². The Kier molecular flexibility index (Phi) is 7.68. The molecule has 2 bridgehead atoms. The maximum Gasteiger partial charge on any atom is 0.246 e. The van der Waals surface area contributed by atoms with E-state index in [4.69, 9.17) is 16.3 Å². The first kappa shape index (κ1) is 27.4. The van der Waals surface area contributed by atoms with Gasteiger partial charge in [0.15, 0.2) is 0 Å². The molecule has 0 radical (unpaired) electrons. The molecular formula is C31H34ClN3O4S. The van der Waals surface area contributed by atoms with E-state index in [1.54, 1.807) is 16.7 Å². The average molecular weight is 580 g/mol. The minimum absolute atomic E-state index is 0.0929. The number of anilines is 1. The molecule has 3 amide bonds. The predicted octanol–water partition coefficient (Wildman–Crippen LogP) is 4.84. The van der Waals surface area contributed by atoms with Crippen molar-refractivity contribution in [2.45, 2.75) is 67.2 Å². The lowest BCUT2D eigenvalue weighted by Crippen LogP contribution is -2.56. The van der Waals surface area contributed by atoms with Gasteiger partial charge in [-0.2, -0.15) is 0 Å². The van der Waals surface area contributed by atoms with Crippen LogP contribution in [0.15, 0.2) is 65.6 Å². The molecule has 40 heavy (non-hydrogen) atoms. The molecule has 1 aliphatic carbocycles. The number of hydrogen-bond acceptors (Lipinski definition) is 5. The summed E-state index contributed by atoms with van der Waals surface area (Å²) in [6, 6.07) is 14.4. The summed E-state index contributed by atoms with van der Waals surface area (Å²) < 4.78 is 6.47. The Balaban J connectivity index is 1.28. The Bertz CT molecular complexity index is 1330. The lowest BCUT2D eigenvalue weighted by Gasteiger charge is -2.34. The topological polar surface area (TPSA) is 87.7 Å². The smallest absolute Gasteiger partial charge is 0.246 e. The number of halogens is 1. The van der Waals surface area contributed by atoms with Crippen molar-refractivity contribution in [1.82, 2.24) is 10.2 Å². The highest BCUT2D eigenvalue weighted by molar-refractivity contribution is 7.98. The monoisotopic (exact) mass is 579 g/mol. The predicted molar refractivity (Wildman–Crippen MR) is 156 cm³/mol. The van der Waals surface area contributed by atoms with Gasteiger partial charge in [-0.25, -0.2) is 0 Å². The summed E-state index contributed by atoms with van der Waals surface area (Å²) in [5.74, 6) is -2.15. The summed E-state index contributed by atoms with van der Waals surface area (Å²) in [6.07, 6.45) is 10.9. The second-order valence-corrected chi connectivity index (χ2v) is 12.5. The summed E-state index contributed by atoms with van der Waals surface area (Å²) in [5, 5.41) is 6.89. The third-order valence-corrected chi connectivity index (χ3v) is 9.75. The van der Waals surface area contributed by atoms with E-state index < -0.39 is 29.6 Å². The van der Waals surface area contributed by atoms with Crippen LogP contribution in [0.4, 0.5) is 5.69 Å². The van der Waals surface area contributed by atoms with E-state index in [2.05, 4.69) is 10.6 Å². The quantitative estimate of drug-likeness (QED) is 0.345. The van der Waals surface area contributed by atoms with Crippen molar-refractivity contribution in [3.8, 4) is 0 Å². The number of fused-ring (bicyclic) bond motifs is 1. The SMILES string of the molecule is CSc1cccc(NC(=O)[C@@H]2[C@@H]3C=C[C@]4(O3)[C@@H]2C(=O)N(CCc2ccc(Cl)cc2)[C@H]4C(=O)NC2CCCCC2)c1. The first-order valence-electron chi connectivity index (χ1n) is 14.1. The Morgan fingerprint density at radius 1 is 1.10 bits per heavy atom. The standard InChI is InChI=1S/C31H34ClN3O4S/c1-40-23-9-5-8-22(18-23)34-28(36)25-24-14-16-31(39-24)26(25)30(38)35(17-15-19-10-12-20(32)13-11-19)27(31)29(37)33-21-6-3-2-4-7-21/h5,8-14,16,18,21,24-27H,2-4,6-7,15,17H2,1H3,(H,33,37)(H,34,36)/t24-,25+,26-,27-,31-/m0/s1. The van der Waals surface area contributed by atoms with Gasteiger partial charge in [0.1, 0.15) is 11.6 Å². The van der Waals surface area contributed by atoms with Crippen LogP contribution in [0.3, 0.4) is 0 Å². The van der Waals surface area contributed by atoms with E-state index in [1.807, 2.05) is 66.9 Å². The molecule has 0 unspecified atom stereocenters. The third-order valence-electron chi connectivity index (χ3n) is 8.77. The van der Waals surface area contributed by atoms with Crippen molar-refractivity contribution < 1.29 is 19.1 Å². The van der Waals surface area contributed by atoms with Crippen molar-refractivity contribution in [3.05, 3.63) is 71.3 Å². The van der Waals surface area contributed by atoms with Gasteiger partial charge in [0, 0.05) is 28.2 Å². The van der Waals surface area contributed by atoms with Gasteiger partial charge in [-0.05, 0) is 61.4 Å². The zero-order chi connectivity index (χ0) is 27.9. The van der Waals surface area contributed by atoms with Gasteiger partial charge in [0.25, 0.3) is 0 Å². The van der Waals surface area contributed by atoms with Crippen molar-refractivity contribution >= 4 is 46.8 Å². The molecule has 2 saturated heterocycles. The summed E-state index contributed by atoms with van der Waals surface area (Å²) in [5.41, 5.74) is 0.528. The summed E-state index contributed by atoms with van der Waals surface area (Å²) in [4.78, 5) is 44.5. The van der Waals surface area contributed by atoms with Crippen LogP contribution in [0.25, 0.3) is 0 Å². The Labute approximate surface area is 244 Å². The fourth-order valence-corrected chi connectivity index (χ4v) is 7.45. The van der Waals surface area contributed by atoms with Crippen LogP contribution in [0, 0.1) is 11.8 Å². The molecule has 4 aliphatic rings. The lowest BCUT2D eigenvalue weighted by molar-refractivity contribution is -0.141. The molecule has 7 nitrogen and oxygen atoms in total. The van der Waals surface area contributed by atoms with Gasteiger partial charge < -0.3 is 20.3 Å². The van der Waals surface area contributed by atoms with Crippen molar-refractivity contribution in [3.63, 3.8) is 0 Å². The molecule has 6 rings (SSSR count). The van der Waals surface area contributed by atoms with Crippen LogP contribution in [0.5, 0.6) is 0 Å². The molecule has 5 atom stereocenters. The maximum absolute atomic E-state index is 14.1. The van der Waals surface area contributed by atoms with Gasteiger partial charge in [-0.1, -0.05) is 61.2 Å². The van der Waals surface area contributed by atoms with Crippen LogP contribution < -0.4 is 10.6 Å². The first-order valence-corrected chi connectivity index (χ1v) is 15.7. The second kappa shape index (κ2) is 11.2. The molecule has 2 aromatic rings. The van der Waals surface area contributed by atoms with Crippen LogP contribution in [0.1, 0.15) is 37.7 Å². The van der Waals surface area contributed by atoms with Gasteiger partial charge in [-0.15, -0.1) is 11.8 Å². The fraction of sp³-hybridized carbons (Fsp3) is 0.452. The van der Waals surface area contributed by atoms with Crippen molar-refractivity contribution in [1.29, 1.82) is 0 Å². The van der Waals surface area contributed by atoms with E-state index in [0.717, 1.165) is 36.1 Å². The summed E-state index contributed by atoms with van der Waals surface area (Å²) >= 11 is 7.66. The molecular weight excluding hydrogens is 546 g/mol. The van der Waals surface area contributed by atoms with Gasteiger partial charge in [0.2, 0.25) is 17.7 Å². The van der Waals surface area contributed by atoms with Gasteiger partial charge in [0.05, 0.1) is 17.9 Å². The van der Waals surface area contributed by atoms with Crippen molar-refractivity contribution in [2.24, 2.45) is 11.8 Å². The number of nitrogens with one attached hydrogen (secondary N) is 2. The zero-order valence-electron chi connectivity index (χ0n) is 22.5. The normalized spacial score (nSPS) is 29.1. The Hall–Kier alpha value is -2.81. The lowest BCUT2D eigenvalue weighted by atomic mass is 9.74. The van der Waals surface area contributed by atoms with Crippen LogP contribution in [0.2, 0.25) is 5.02 Å². The number of benzene rings is 2. The average Bonchev–Trinajstić information content (AvgIpc) is 3.60. The Morgan fingerprint density at radius 3 is 2.62 bits per heavy atom. The Morgan fingerprint density at radius 2 is 1.88 bits per heavy atom. The number of hydrogen-bond donors (Lipinski definition) is 2. The van der Waals surface area contributed by atoms with Gasteiger partial charge >= 0.3 is 0 Å². The van der Waals surface area contributed by atoms with E-state index in [-0.39, 0.29) is 23.8 Å². The van der Waals surface area contributed by atoms with E-state index in [0.29, 0.717) is 23.7 Å². The number of ether oxygens (including phenoxy) is 1. The molecule has 2 aromatic carbocycles. The first-order chi connectivity index (χ1) is 19.4. The third kappa shape index (κ3) is 4.95. The summed E-state index contributed by atoms with van der Waals surface area (Å²) in [7, 11) is 0. The highest BCUT2D eigenvalue weighted by Gasteiger charge is 2.72. The highest BCUT2D eigenvalue weighted by atomic mass is 35.5. The fourth-order valence-electron chi connectivity index (χ4n) is 6.86. The summed E-state index contributed by atoms with van der Waals surface area (Å²) in [6.45, 7) is 0.341. The molecule has 1 saturated carbocycles. The van der Waals surface area contributed by atoms with Crippen LogP contribution in [-0.2, 0) is 25.5 Å². The molecule has 210 valence electrons. The molecule has 1 spiro atoms. The second-order valence-electron chi connectivity index (χ2n) is 11.2. The van der Waals surface area contributed by atoms with Crippen LogP contribution in [-0.4, -0.2) is 59.2 Å². The van der Waals surface area contributed by atoms with Gasteiger partial charge in [-0.3, -0.25) is 14.4 Å². The number of amides is 3. The van der Waals surface area contributed by atoms with E-state index in [9.17, 15) is 14.4 Å². The van der Waals surface area contributed by atoms with E-state index in [1.165, 1.54) is 6.42 Å². The molecule has 3 heterocycles. The number of nitrogens with zero attached hydrogens (tertiary/aromatic N) is 1. The van der Waals surface area contributed by atoms with Crippen LogP contribution >= 0.6 is 23.4 Å². The number of rotatable bonds is 8. The molecule has 9 heteroatoms. The molecule has 3 aliphatic heterocycles. The van der Waals surface area contributed by atoms with E-state index >= 15 is 0 Å². The maximum atomic E-state index is 14.1. The largest absolute Gasteiger partial charge is 0.359 e. The highest BCUT2D eigenvalue weighted by Crippen LogP contribution is 2.55. The minimum Gasteiger partial charge on any atom is -0.359 e. The minimum atomic E-state index is -1.16. The molecule has 3 fully saturated rings. The zero-order valence-corrected chi connectivity index (χ0v) is 24.0. The molecule has 0 aromatic heterocycles. The molecule has 2 N–H and O–H groups in total. The number of carbonyl (C=O) groups is 3.